The molecule has 1 heterocycles. The van der Waals surface area contributed by atoms with Gasteiger partial charge in [0.15, 0.2) is 6.10 Å². The first-order valence-corrected chi connectivity index (χ1v) is 8.07. The van der Waals surface area contributed by atoms with E-state index in [1.54, 1.807) is 16.8 Å². The van der Waals surface area contributed by atoms with Gasteiger partial charge in [0.1, 0.15) is 0 Å². The number of ether oxygens (including phenoxy) is 1. The van der Waals surface area contributed by atoms with E-state index in [4.69, 9.17) is 4.74 Å². The molecule has 0 aliphatic heterocycles. The number of carbonyl (C=O) groups excluding carboxylic acids is 2. The number of hydrogen-bond acceptors (Lipinski definition) is 4. The summed E-state index contributed by atoms with van der Waals surface area (Å²) in [6, 6.07) is 20.4. The lowest BCUT2D eigenvalue weighted by molar-refractivity contribution is -0.141. The van der Waals surface area contributed by atoms with Gasteiger partial charge in [-0.2, -0.15) is 11.3 Å². The Balaban J connectivity index is 1.88. The minimum absolute atomic E-state index is 0.361. The standard InChI is InChI=1S/C19H14O3S/c20-17(16-11-12-23-13-16)19(21)22-18(14-7-3-1-4-8-14)15-9-5-2-6-10-15/h1-13,18H. The average Bonchev–Trinajstić information content (AvgIpc) is 3.15. The molecule has 1 aromatic heterocycles. The number of carbonyl (C=O) groups is 2. The summed E-state index contributed by atoms with van der Waals surface area (Å²) in [6.45, 7) is 0. The summed E-state index contributed by atoms with van der Waals surface area (Å²) in [7, 11) is 0. The van der Waals surface area contributed by atoms with Gasteiger partial charge in [0.2, 0.25) is 0 Å². The van der Waals surface area contributed by atoms with E-state index in [2.05, 4.69) is 0 Å². The van der Waals surface area contributed by atoms with Crippen LogP contribution in [0.25, 0.3) is 0 Å². The Kier molecular flexibility index (Phi) is 4.64. The Morgan fingerprint density at radius 2 is 1.39 bits per heavy atom. The number of Topliss-reactive ketones (excluding diaryl/α,β-unsaturated/α-hetero) is 1. The molecule has 23 heavy (non-hydrogen) atoms. The topological polar surface area (TPSA) is 43.4 Å². The van der Waals surface area contributed by atoms with Crippen molar-refractivity contribution < 1.29 is 14.3 Å². The van der Waals surface area contributed by atoms with Crippen molar-refractivity contribution in [3.63, 3.8) is 0 Å². The van der Waals surface area contributed by atoms with Gasteiger partial charge in [0.05, 0.1) is 0 Å². The molecule has 0 atom stereocenters. The highest BCUT2D eigenvalue weighted by Gasteiger charge is 2.24. The fraction of sp³-hybridized carbons (Fsp3) is 0.0526. The molecule has 3 rings (SSSR count). The van der Waals surface area contributed by atoms with Crippen molar-refractivity contribution in [2.75, 3.05) is 0 Å². The molecular formula is C19H14O3S. The van der Waals surface area contributed by atoms with Crippen LogP contribution < -0.4 is 0 Å². The maximum Gasteiger partial charge on any atom is 0.380 e. The molecule has 0 bridgehead atoms. The lowest BCUT2D eigenvalue weighted by Gasteiger charge is -2.18. The third kappa shape index (κ3) is 3.55. The Bertz CT molecular complexity index is 741. The molecule has 0 saturated heterocycles. The van der Waals surface area contributed by atoms with Gasteiger partial charge in [0, 0.05) is 10.9 Å². The van der Waals surface area contributed by atoms with E-state index in [-0.39, 0.29) is 0 Å². The lowest BCUT2D eigenvalue weighted by atomic mass is 10.0. The lowest BCUT2D eigenvalue weighted by Crippen LogP contribution is -2.20. The van der Waals surface area contributed by atoms with Gasteiger partial charge in [-0.1, -0.05) is 60.7 Å². The molecule has 3 nitrogen and oxygen atoms in total. The van der Waals surface area contributed by atoms with E-state index >= 15 is 0 Å². The summed E-state index contributed by atoms with van der Waals surface area (Å²) in [5.74, 6) is -1.47. The van der Waals surface area contributed by atoms with Gasteiger partial charge in [-0.25, -0.2) is 4.79 Å². The monoisotopic (exact) mass is 322 g/mol. The van der Waals surface area contributed by atoms with Crippen molar-refractivity contribution in [2.24, 2.45) is 0 Å². The van der Waals surface area contributed by atoms with E-state index in [9.17, 15) is 9.59 Å². The summed E-state index contributed by atoms with van der Waals surface area (Å²) >= 11 is 1.37. The largest absolute Gasteiger partial charge is 0.447 e. The number of hydrogen-bond donors (Lipinski definition) is 0. The van der Waals surface area contributed by atoms with Crippen LogP contribution in [-0.2, 0) is 9.53 Å². The summed E-state index contributed by atoms with van der Waals surface area (Å²) in [6.07, 6.45) is -0.604. The summed E-state index contributed by atoms with van der Waals surface area (Å²) in [5, 5.41) is 3.40. The minimum atomic E-state index is -0.846. The van der Waals surface area contributed by atoms with E-state index < -0.39 is 17.9 Å². The molecular weight excluding hydrogens is 308 g/mol. The van der Waals surface area contributed by atoms with Gasteiger partial charge in [-0.15, -0.1) is 0 Å². The first-order chi connectivity index (χ1) is 11.3. The van der Waals surface area contributed by atoms with Crippen LogP contribution in [-0.4, -0.2) is 11.8 Å². The van der Waals surface area contributed by atoms with Gasteiger partial charge in [-0.3, -0.25) is 4.79 Å². The smallest absolute Gasteiger partial charge is 0.380 e. The molecule has 0 saturated carbocycles. The van der Waals surface area contributed by atoms with Crippen molar-refractivity contribution in [3.05, 3.63) is 94.2 Å². The van der Waals surface area contributed by atoms with Crippen LogP contribution in [0.5, 0.6) is 0 Å². The second-order valence-corrected chi connectivity index (χ2v) is 5.73. The molecule has 0 aliphatic carbocycles. The predicted octanol–water partition coefficient (Wildman–Crippen LogP) is 4.26. The van der Waals surface area contributed by atoms with E-state index in [0.717, 1.165) is 11.1 Å². The summed E-state index contributed by atoms with van der Waals surface area (Å²) < 4.78 is 5.52. The zero-order chi connectivity index (χ0) is 16.1. The van der Waals surface area contributed by atoms with Crippen molar-refractivity contribution in [1.82, 2.24) is 0 Å². The van der Waals surface area contributed by atoms with Gasteiger partial charge in [0.25, 0.3) is 5.78 Å². The summed E-state index contributed by atoms with van der Waals surface area (Å²) in [5.41, 5.74) is 2.01. The van der Waals surface area contributed by atoms with Crippen LogP contribution in [0.15, 0.2) is 77.5 Å². The zero-order valence-electron chi connectivity index (χ0n) is 12.2. The zero-order valence-corrected chi connectivity index (χ0v) is 13.0. The number of benzene rings is 2. The second-order valence-electron chi connectivity index (χ2n) is 4.95. The van der Waals surface area contributed by atoms with Crippen LogP contribution in [0.2, 0.25) is 0 Å². The molecule has 0 radical (unpaired) electrons. The SMILES string of the molecule is O=C(OC(c1ccccc1)c1ccccc1)C(=O)c1ccsc1. The van der Waals surface area contributed by atoms with Crippen molar-refractivity contribution in [2.45, 2.75) is 6.10 Å². The van der Waals surface area contributed by atoms with Crippen LogP contribution in [0, 0.1) is 0 Å². The molecule has 0 N–H and O–H groups in total. The first kappa shape index (κ1) is 15.2. The van der Waals surface area contributed by atoms with Crippen LogP contribution in [0.3, 0.4) is 0 Å². The Morgan fingerprint density at radius 3 is 1.87 bits per heavy atom. The normalized spacial score (nSPS) is 10.5. The Hall–Kier alpha value is -2.72. The van der Waals surface area contributed by atoms with Crippen LogP contribution in [0.4, 0.5) is 0 Å². The molecule has 0 spiro atoms. The molecule has 114 valence electrons. The number of rotatable bonds is 5. The van der Waals surface area contributed by atoms with Gasteiger partial charge in [-0.05, 0) is 22.6 Å². The number of esters is 1. The molecule has 0 aliphatic rings. The number of thiophene rings is 1. The fourth-order valence-corrected chi connectivity index (χ4v) is 2.89. The maximum atomic E-state index is 12.2. The minimum Gasteiger partial charge on any atom is -0.447 e. The van der Waals surface area contributed by atoms with Crippen LogP contribution in [0.1, 0.15) is 27.6 Å². The highest BCUT2D eigenvalue weighted by Crippen LogP contribution is 2.26. The first-order valence-electron chi connectivity index (χ1n) is 7.13. The van der Waals surface area contributed by atoms with Crippen molar-refractivity contribution in [1.29, 1.82) is 0 Å². The number of ketones is 1. The fourth-order valence-electron chi connectivity index (χ4n) is 2.26. The highest BCUT2D eigenvalue weighted by atomic mass is 32.1. The molecule has 0 amide bonds. The van der Waals surface area contributed by atoms with Gasteiger partial charge >= 0.3 is 5.97 Å². The molecule has 3 aromatic rings. The molecule has 2 aromatic carbocycles. The molecule has 0 fully saturated rings. The van der Waals surface area contributed by atoms with Gasteiger partial charge < -0.3 is 4.74 Å². The third-order valence-corrected chi connectivity index (χ3v) is 4.08. The maximum absolute atomic E-state index is 12.2. The van der Waals surface area contributed by atoms with E-state index in [1.807, 2.05) is 60.7 Å². The van der Waals surface area contributed by atoms with Crippen LogP contribution >= 0.6 is 11.3 Å². The molecule has 0 unspecified atom stereocenters. The Labute approximate surface area is 138 Å². The quantitative estimate of drug-likeness (QED) is 0.400. The highest BCUT2D eigenvalue weighted by molar-refractivity contribution is 7.08. The predicted molar refractivity (Wildman–Crippen MR) is 89.5 cm³/mol. The third-order valence-electron chi connectivity index (χ3n) is 3.40. The molecule has 4 heteroatoms. The summed E-state index contributed by atoms with van der Waals surface area (Å²) in [4.78, 5) is 24.4. The van der Waals surface area contributed by atoms with Crippen molar-refractivity contribution >= 4 is 23.1 Å². The second kappa shape index (κ2) is 7.03. The van der Waals surface area contributed by atoms with E-state index in [0.29, 0.717) is 5.56 Å². The van der Waals surface area contributed by atoms with E-state index in [1.165, 1.54) is 11.3 Å². The average molecular weight is 322 g/mol. The Morgan fingerprint density at radius 1 is 0.826 bits per heavy atom. The van der Waals surface area contributed by atoms with Crippen molar-refractivity contribution in [3.8, 4) is 0 Å².